The third-order valence-corrected chi connectivity index (χ3v) is 3.29. The molecule has 2 aromatic carbocycles. The van der Waals surface area contributed by atoms with Crippen LogP contribution in [0, 0.1) is 11.3 Å². The van der Waals surface area contributed by atoms with E-state index in [1.807, 2.05) is 53.2 Å². The summed E-state index contributed by atoms with van der Waals surface area (Å²) in [5, 5.41) is 19.6. The van der Waals surface area contributed by atoms with Crippen molar-refractivity contribution in [2.24, 2.45) is 0 Å². The molecule has 0 unspecified atom stereocenters. The van der Waals surface area contributed by atoms with Gasteiger partial charge in [-0.1, -0.05) is 36.9 Å². The van der Waals surface area contributed by atoms with Crippen molar-refractivity contribution in [3.05, 3.63) is 72.4 Å². The average molecular weight is 260 g/mol. The van der Waals surface area contributed by atoms with Gasteiger partial charge in [-0.25, -0.2) is 0 Å². The Hall–Kier alpha value is -2.99. The van der Waals surface area contributed by atoms with Gasteiger partial charge < -0.3 is 9.67 Å². The molecule has 0 atom stereocenters. The van der Waals surface area contributed by atoms with Gasteiger partial charge in [0.05, 0.1) is 11.1 Å². The van der Waals surface area contributed by atoms with E-state index in [2.05, 4.69) is 12.6 Å². The lowest BCUT2D eigenvalue weighted by atomic mass is 10.1. The molecule has 1 aromatic heterocycles. The molecule has 0 fully saturated rings. The fourth-order valence-electron chi connectivity index (χ4n) is 2.32. The number of para-hydroxylation sites is 1. The molecule has 20 heavy (non-hydrogen) atoms. The summed E-state index contributed by atoms with van der Waals surface area (Å²) in [6, 6.07) is 17.4. The number of hydrogen-bond acceptors (Lipinski definition) is 2. The van der Waals surface area contributed by atoms with E-state index in [0.717, 1.165) is 16.6 Å². The van der Waals surface area contributed by atoms with E-state index < -0.39 is 0 Å². The van der Waals surface area contributed by atoms with Crippen molar-refractivity contribution >= 4 is 16.7 Å². The molecule has 3 heteroatoms. The molecular weight excluding hydrogens is 248 g/mol. The quantitative estimate of drug-likeness (QED) is 0.707. The third kappa shape index (κ3) is 1.84. The van der Waals surface area contributed by atoms with Crippen LogP contribution in [0.1, 0.15) is 11.1 Å². The summed E-state index contributed by atoms with van der Waals surface area (Å²) in [5.41, 5.74) is 3.15. The molecule has 0 aliphatic heterocycles. The highest BCUT2D eigenvalue weighted by molar-refractivity contribution is 5.88. The molecule has 3 aromatic rings. The van der Waals surface area contributed by atoms with E-state index in [1.54, 1.807) is 6.07 Å². The molecule has 0 radical (unpaired) electrons. The lowest BCUT2D eigenvalue weighted by Gasteiger charge is -2.07. The van der Waals surface area contributed by atoms with E-state index in [4.69, 9.17) is 0 Å². The fourth-order valence-corrected chi connectivity index (χ4v) is 2.32. The van der Waals surface area contributed by atoms with Gasteiger partial charge in [0.2, 0.25) is 0 Å². The van der Waals surface area contributed by atoms with Crippen molar-refractivity contribution in [2.45, 2.75) is 0 Å². The molecule has 0 aliphatic carbocycles. The van der Waals surface area contributed by atoms with E-state index in [1.165, 1.54) is 0 Å². The predicted octanol–water partition coefficient (Wildman–Crippen LogP) is 4.03. The zero-order valence-electron chi connectivity index (χ0n) is 10.7. The first kappa shape index (κ1) is 12.1. The van der Waals surface area contributed by atoms with Gasteiger partial charge in [-0.3, -0.25) is 0 Å². The van der Waals surface area contributed by atoms with Gasteiger partial charge in [0.15, 0.2) is 0 Å². The van der Waals surface area contributed by atoms with Crippen LogP contribution in [0.4, 0.5) is 0 Å². The van der Waals surface area contributed by atoms with E-state index in [-0.39, 0.29) is 5.76 Å². The first-order valence-electron chi connectivity index (χ1n) is 6.19. The molecule has 1 N–H and O–H groups in total. The summed E-state index contributed by atoms with van der Waals surface area (Å²) in [6.45, 7) is 3.54. The summed E-state index contributed by atoms with van der Waals surface area (Å²) in [6.07, 6.45) is 1.81. The number of aliphatic hydroxyl groups excluding tert-OH is 1. The Morgan fingerprint density at radius 2 is 1.95 bits per heavy atom. The molecule has 3 rings (SSSR count). The lowest BCUT2D eigenvalue weighted by Crippen LogP contribution is -1.93. The van der Waals surface area contributed by atoms with Gasteiger partial charge in [0.1, 0.15) is 11.8 Å². The standard InChI is InChI=1S/C17H12N2O/c1-12(20)13-5-4-6-15(9-13)19-11-14(10-18)16-7-2-3-8-17(16)19/h2-9,11,20H,1H2. The van der Waals surface area contributed by atoms with Crippen molar-refractivity contribution < 1.29 is 5.11 Å². The molecule has 0 aliphatic rings. The number of benzene rings is 2. The fraction of sp³-hybridized carbons (Fsp3) is 0. The van der Waals surface area contributed by atoms with Gasteiger partial charge >= 0.3 is 0 Å². The van der Waals surface area contributed by atoms with Crippen LogP contribution in [-0.2, 0) is 0 Å². The first-order valence-corrected chi connectivity index (χ1v) is 6.19. The number of nitriles is 1. The number of hydrogen-bond donors (Lipinski definition) is 1. The zero-order chi connectivity index (χ0) is 14.1. The topological polar surface area (TPSA) is 49.0 Å². The highest BCUT2D eigenvalue weighted by Gasteiger charge is 2.09. The minimum atomic E-state index is 0.0313. The number of fused-ring (bicyclic) bond motifs is 1. The molecule has 0 bridgehead atoms. The minimum absolute atomic E-state index is 0.0313. The summed E-state index contributed by atoms with van der Waals surface area (Å²) < 4.78 is 1.94. The maximum absolute atomic E-state index is 9.50. The van der Waals surface area contributed by atoms with Gasteiger partial charge in [0.25, 0.3) is 0 Å². The predicted molar refractivity (Wildman–Crippen MR) is 79.7 cm³/mol. The number of aromatic nitrogens is 1. The molecule has 0 spiro atoms. The number of rotatable bonds is 2. The van der Waals surface area contributed by atoms with Crippen molar-refractivity contribution in [2.75, 3.05) is 0 Å². The van der Waals surface area contributed by atoms with Crippen molar-refractivity contribution in [1.29, 1.82) is 5.26 Å². The lowest BCUT2D eigenvalue weighted by molar-refractivity contribution is 0.514. The smallest absolute Gasteiger partial charge is 0.115 e. The Morgan fingerprint density at radius 1 is 1.15 bits per heavy atom. The first-order chi connectivity index (χ1) is 9.70. The van der Waals surface area contributed by atoms with Crippen LogP contribution in [0.2, 0.25) is 0 Å². The summed E-state index contributed by atoms with van der Waals surface area (Å²) in [4.78, 5) is 0. The Kier molecular flexibility index (Phi) is 2.77. The third-order valence-electron chi connectivity index (χ3n) is 3.29. The van der Waals surface area contributed by atoms with Crippen molar-refractivity contribution in [1.82, 2.24) is 4.57 Å². The summed E-state index contributed by atoms with van der Waals surface area (Å²) in [5.74, 6) is 0.0313. The van der Waals surface area contributed by atoms with E-state index >= 15 is 0 Å². The van der Waals surface area contributed by atoms with Gasteiger partial charge in [-0.15, -0.1) is 0 Å². The number of aliphatic hydroxyl groups is 1. The molecular formula is C17H12N2O. The highest BCUT2D eigenvalue weighted by Crippen LogP contribution is 2.25. The van der Waals surface area contributed by atoms with Gasteiger partial charge in [-0.2, -0.15) is 5.26 Å². The van der Waals surface area contributed by atoms with Gasteiger partial charge in [-0.05, 0) is 18.2 Å². The Labute approximate surface area is 116 Å². The Balaban J connectivity index is 2.28. The van der Waals surface area contributed by atoms with Crippen LogP contribution >= 0.6 is 0 Å². The van der Waals surface area contributed by atoms with E-state index in [0.29, 0.717) is 11.1 Å². The monoisotopic (exact) mass is 260 g/mol. The molecule has 96 valence electrons. The zero-order valence-corrected chi connectivity index (χ0v) is 10.7. The number of nitrogens with zero attached hydrogens (tertiary/aromatic N) is 2. The van der Waals surface area contributed by atoms with Crippen LogP contribution in [0.5, 0.6) is 0 Å². The molecule has 0 amide bonds. The Bertz CT molecular complexity index is 853. The SMILES string of the molecule is C=C(O)c1cccc(-n2cc(C#N)c3ccccc32)c1. The second kappa shape index (κ2) is 4.60. The normalized spacial score (nSPS) is 10.3. The second-order valence-electron chi connectivity index (χ2n) is 4.54. The molecule has 3 nitrogen and oxygen atoms in total. The van der Waals surface area contributed by atoms with E-state index in [9.17, 15) is 10.4 Å². The molecule has 0 saturated carbocycles. The maximum atomic E-state index is 9.50. The van der Waals surface area contributed by atoms with Crippen LogP contribution in [-0.4, -0.2) is 9.67 Å². The molecule has 1 heterocycles. The van der Waals surface area contributed by atoms with Gasteiger partial charge in [0, 0.05) is 22.8 Å². The van der Waals surface area contributed by atoms with Crippen LogP contribution in [0.15, 0.2) is 61.3 Å². The minimum Gasteiger partial charge on any atom is -0.508 e. The summed E-state index contributed by atoms with van der Waals surface area (Å²) in [7, 11) is 0. The average Bonchev–Trinajstić information content (AvgIpc) is 2.86. The van der Waals surface area contributed by atoms with Crippen molar-refractivity contribution in [3.63, 3.8) is 0 Å². The summed E-state index contributed by atoms with van der Waals surface area (Å²) >= 11 is 0. The highest BCUT2D eigenvalue weighted by atomic mass is 16.3. The molecule has 0 saturated heterocycles. The Morgan fingerprint density at radius 3 is 2.70 bits per heavy atom. The second-order valence-corrected chi connectivity index (χ2v) is 4.54. The maximum Gasteiger partial charge on any atom is 0.115 e. The van der Waals surface area contributed by atoms with Crippen LogP contribution in [0.25, 0.3) is 22.3 Å². The van der Waals surface area contributed by atoms with Crippen LogP contribution < -0.4 is 0 Å². The largest absolute Gasteiger partial charge is 0.508 e. The van der Waals surface area contributed by atoms with Crippen molar-refractivity contribution in [3.8, 4) is 11.8 Å². The van der Waals surface area contributed by atoms with Crippen LogP contribution in [0.3, 0.4) is 0 Å².